The van der Waals surface area contributed by atoms with Crippen molar-refractivity contribution < 1.29 is 19.5 Å². The number of aromatic hydroxyl groups is 1. The molecule has 0 radical (unpaired) electrons. The second-order valence-corrected chi connectivity index (χ2v) is 11.1. The Morgan fingerprint density at radius 2 is 1.76 bits per heavy atom. The molecule has 46 heavy (non-hydrogen) atoms. The van der Waals surface area contributed by atoms with E-state index in [2.05, 4.69) is 24.0 Å². The Bertz CT molecular complexity index is 1390. The lowest BCUT2D eigenvalue weighted by atomic mass is 9.96. The summed E-state index contributed by atoms with van der Waals surface area (Å²) in [7, 11) is 1.95. The summed E-state index contributed by atoms with van der Waals surface area (Å²) >= 11 is 0. The number of amides is 3. The maximum Gasteiger partial charge on any atom is 0.246 e. The van der Waals surface area contributed by atoms with E-state index in [0.717, 1.165) is 36.1 Å². The molecule has 246 valence electrons. The van der Waals surface area contributed by atoms with Crippen molar-refractivity contribution in [1.29, 1.82) is 0 Å². The molecule has 9 heteroatoms. The van der Waals surface area contributed by atoms with Crippen LogP contribution in [0.2, 0.25) is 0 Å². The number of phenolic OH excluding ortho intramolecular Hbond substituents is 1. The first kappa shape index (κ1) is 36.0. The molecule has 0 bridgehead atoms. The van der Waals surface area contributed by atoms with Gasteiger partial charge in [0.05, 0.1) is 13.1 Å². The maximum atomic E-state index is 13.8. The van der Waals surface area contributed by atoms with E-state index < -0.39 is 12.2 Å². The fourth-order valence-electron chi connectivity index (χ4n) is 5.85. The standard InChI is InChI=1S/C27H32N4O4.C8H11N.C2H6/c1-3-6-20-7-5-8-22(14-20)16-28-17-25-30(19-32)29(13-4-2)18-26(34)31(25)24(27(28)35)15-21-9-11-23(33)12-10-21;1-9-7-8-5-3-2-4-6-8;1-2/h3,5-12,19,24-25,33H,1,4,13-18H2,2H3;2-6,9H,7H2,1H3;1-2H3/b20-6-;;/t24-,25?;;/m0../s1. The number of hydrazine groups is 1. The van der Waals surface area contributed by atoms with Gasteiger partial charge in [0.25, 0.3) is 0 Å². The molecule has 3 aliphatic rings. The zero-order valence-corrected chi connectivity index (χ0v) is 27.6. The van der Waals surface area contributed by atoms with Crippen molar-refractivity contribution in [3.05, 3.63) is 114 Å². The number of hydrogen-bond donors (Lipinski definition) is 2. The zero-order valence-electron chi connectivity index (χ0n) is 27.6. The number of hydrogen-bond acceptors (Lipinski definition) is 6. The van der Waals surface area contributed by atoms with Crippen LogP contribution >= 0.6 is 0 Å². The third-order valence-corrected chi connectivity index (χ3v) is 7.85. The van der Waals surface area contributed by atoms with Gasteiger partial charge in [-0.25, -0.2) is 5.01 Å². The third kappa shape index (κ3) is 9.52. The second kappa shape index (κ2) is 18.5. The van der Waals surface area contributed by atoms with Crippen molar-refractivity contribution in [2.24, 2.45) is 0 Å². The van der Waals surface area contributed by atoms with Crippen LogP contribution in [0.3, 0.4) is 0 Å². The first-order valence-corrected chi connectivity index (χ1v) is 16.1. The lowest BCUT2D eigenvalue weighted by Gasteiger charge is -2.54. The summed E-state index contributed by atoms with van der Waals surface area (Å²) in [6.07, 6.45) is 11.7. The van der Waals surface area contributed by atoms with E-state index in [4.69, 9.17) is 0 Å². The van der Waals surface area contributed by atoms with Gasteiger partial charge in [0.2, 0.25) is 18.2 Å². The Balaban J connectivity index is 0.000000446. The van der Waals surface area contributed by atoms with Gasteiger partial charge < -0.3 is 20.2 Å². The summed E-state index contributed by atoms with van der Waals surface area (Å²) in [5.74, 6) is -0.156. The van der Waals surface area contributed by atoms with E-state index in [9.17, 15) is 19.5 Å². The first-order chi connectivity index (χ1) is 22.4. The predicted molar refractivity (Wildman–Crippen MR) is 183 cm³/mol. The van der Waals surface area contributed by atoms with Crippen LogP contribution in [0.1, 0.15) is 44.7 Å². The van der Waals surface area contributed by atoms with Crippen LogP contribution in [0.25, 0.3) is 0 Å². The van der Waals surface area contributed by atoms with Crippen LogP contribution < -0.4 is 5.32 Å². The number of nitrogens with one attached hydrogen (secondary N) is 1. The number of piperazine rings is 1. The van der Waals surface area contributed by atoms with Crippen molar-refractivity contribution in [3.8, 4) is 5.75 Å². The molecule has 5 rings (SSSR count). The van der Waals surface area contributed by atoms with E-state index in [-0.39, 0.29) is 30.7 Å². The largest absolute Gasteiger partial charge is 0.508 e. The number of rotatable bonds is 10. The molecule has 2 N–H and O–H groups in total. The van der Waals surface area contributed by atoms with Crippen LogP contribution in [0.5, 0.6) is 5.75 Å². The minimum Gasteiger partial charge on any atom is -0.508 e. The quantitative estimate of drug-likeness (QED) is 0.367. The monoisotopic (exact) mass is 627 g/mol. The molecule has 3 amide bonds. The van der Waals surface area contributed by atoms with E-state index in [1.54, 1.807) is 50.2 Å². The van der Waals surface area contributed by atoms with Crippen molar-refractivity contribution in [2.45, 2.75) is 58.8 Å². The summed E-state index contributed by atoms with van der Waals surface area (Å²) in [6.45, 7) is 12.0. The highest BCUT2D eigenvalue weighted by atomic mass is 16.3. The van der Waals surface area contributed by atoms with Crippen LogP contribution in [0.15, 0.2) is 103 Å². The first-order valence-electron chi connectivity index (χ1n) is 16.1. The Labute approximate surface area is 274 Å². The number of nitrogens with zero attached hydrogens (tertiary/aromatic N) is 4. The number of carbonyl (C=O) groups excluding carboxylic acids is 3. The molecule has 2 heterocycles. The number of phenols is 1. The Morgan fingerprint density at radius 1 is 1.04 bits per heavy atom. The van der Waals surface area contributed by atoms with Crippen LogP contribution in [-0.2, 0) is 27.3 Å². The van der Waals surface area contributed by atoms with Crippen LogP contribution in [-0.4, -0.2) is 88.6 Å². The third-order valence-electron chi connectivity index (χ3n) is 7.85. The molecule has 2 saturated heterocycles. The van der Waals surface area contributed by atoms with Crippen molar-refractivity contribution in [3.63, 3.8) is 0 Å². The molecule has 2 aliphatic heterocycles. The lowest BCUT2D eigenvalue weighted by molar-refractivity contribution is -0.199. The molecule has 2 fully saturated rings. The van der Waals surface area contributed by atoms with Gasteiger partial charge in [-0.3, -0.25) is 19.4 Å². The SMILES string of the molecule is C=C/C=C1/C=CC=C(CN2CC3N(C(=O)CN(CCC)N3C=O)[C@@H](Cc3ccc(O)cc3)C2=O)C1.CC.CNCc1ccccc1. The molecule has 0 saturated carbocycles. The number of benzene rings is 2. The van der Waals surface area contributed by atoms with Crippen molar-refractivity contribution in [1.82, 2.24) is 25.1 Å². The van der Waals surface area contributed by atoms with Crippen molar-refractivity contribution >= 4 is 18.2 Å². The van der Waals surface area contributed by atoms with Crippen LogP contribution in [0, 0.1) is 0 Å². The van der Waals surface area contributed by atoms with Crippen LogP contribution in [0.4, 0.5) is 0 Å². The lowest BCUT2D eigenvalue weighted by Crippen LogP contribution is -2.75. The minimum atomic E-state index is -0.736. The molecule has 9 nitrogen and oxygen atoms in total. The topological polar surface area (TPSA) is 96.4 Å². The molecule has 0 spiro atoms. The highest BCUT2D eigenvalue weighted by Gasteiger charge is 2.49. The summed E-state index contributed by atoms with van der Waals surface area (Å²) in [5, 5.41) is 16.1. The molecule has 2 aromatic carbocycles. The van der Waals surface area contributed by atoms with E-state index in [1.807, 2.05) is 70.3 Å². The highest BCUT2D eigenvalue weighted by molar-refractivity contribution is 5.91. The summed E-state index contributed by atoms with van der Waals surface area (Å²) < 4.78 is 0. The Kier molecular flexibility index (Phi) is 14.5. The van der Waals surface area contributed by atoms with Gasteiger partial charge in [0.15, 0.2) is 0 Å². The number of allylic oxidation sites excluding steroid dienone is 6. The van der Waals surface area contributed by atoms with Gasteiger partial charge in [-0.1, -0.05) is 100 Å². The summed E-state index contributed by atoms with van der Waals surface area (Å²) in [6, 6.07) is 16.3. The summed E-state index contributed by atoms with van der Waals surface area (Å²) in [5.41, 5.74) is 4.36. The molecule has 1 unspecified atom stereocenters. The van der Waals surface area contributed by atoms with Gasteiger partial charge in [-0.2, -0.15) is 0 Å². The molecule has 2 aromatic rings. The van der Waals surface area contributed by atoms with E-state index in [0.29, 0.717) is 25.9 Å². The van der Waals surface area contributed by atoms with Gasteiger partial charge in [-0.05, 0) is 54.3 Å². The smallest absolute Gasteiger partial charge is 0.246 e. The molecular formula is C37H49N5O4. The Morgan fingerprint density at radius 3 is 2.39 bits per heavy atom. The average molecular weight is 628 g/mol. The van der Waals surface area contributed by atoms with E-state index >= 15 is 0 Å². The molecule has 0 aromatic heterocycles. The number of carbonyl (C=O) groups is 3. The number of fused-ring (bicyclic) bond motifs is 1. The maximum absolute atomic E-state index is 13.8. The fraction of sp³-hybridized carbons (Fsp3) is 0.378. The van der Waals surface area contributed by atoms with Gasteiger partial charge in [-0.15, -0.1) is 0 Å². The van der Waals surface area contributed by atoms with Gasteiger partial charge >= 0.3 is 0 Å². The second-order valence-electron chi connectivity index (χ2n) is 11.1. The Hall–Kier alpha value is -4.47. The van der Waals surface area contributed by atoms with Gasteiger partial charge in [0, 0.05) is 26.1 Å². The minimum absolute atomic E-state index is 0.0636. The fourth-order valence-corrected chi connectivity index (χ4v) is 5.85. The molecular weight excluding hydrogens is 578 g/mol. The average Bonchev–Trinajstić information content (AvgIpc) is 3.06. The highest BCUT2D eigenvalue weighted by Crippen LogP contribution is 2.29. The molecule has 2 atom stereocenters. The molecule has 1 aliphatic carbocycles. The van der Waals surface area contributed by atoms with E-state index in [1.165, 1.54) is 5.56 Å². The zero-order chi connectivity index (χ0) is 33.5. The summed E-state index contributed by atoms with van der Waals surface area (Å²) in [4.78, 5) is 42.6. The normalized spacial score (nSPS) is 20.2. The van der Waals surface area contributed by atoms with Gasteiger partial charge in [0.1, 0.15) is 18.0 Å². The van der Waals surface area contributed by atoms with Crippen molar-refractivity contribution in [2.75, 3.05) is 33.2 Å². The predicted octanol–water partition coefficient (Wildman–Crippen LogP) is 4.83.